The molecule has 1 saturated heterocycles. The molecular weight excluding hydrogens is 378 g/mol. The van der Waals surface area contributed by atoms with E-state index in [4.69, 9.17) is 0 Å². The van der Waals surface area contributed by atoms with Crippen molar-refractivity contribution < 1.29 is 4.79 Å². The van der Waals surface area contributed by atoms with Crippen molar-refractivity contribution in [1.29, 1.82) is 0 Å². The van der Waals surface area contributed by atoms with Crippen molar-refractivity contribution in [2.45, 2.75) is 51.1 Å². The van der Waals surface area contributed by atoms with Gasteiger partial charge in [-0.25, -0.2) is 9.97 Å². The molecule has 8 nitrogen and oxygen atoms in total. The molecule has 160 valence electrons. The first-order valence-electron chi connectivity index (χ1n) is 10.9. The van der Waals surface area contributed by atoms with Gasteiger partial charge >= 0.3 is 0 Å². The predicted molar refractivity (Wildman–Crippen MR) is 116 cm³/mol. The zero-order valence-electron chi connectivity index (χ0n) is 17.6. The zero-order chi connectivity index (χ0) is 20.8. The summed E-state index contributed by atoms with van der Waals surface area (Å²) in [5, 5.41) is 6.82. The second-order valence-electron chi connectivity index (χ2n) is 8.17. The Kier molecular flexibility index (Phi) is 6.61. The molecule has 3 heterocycles. The quantitative estimate of drug-likeness (QED) is 0.583. The van der Waals surface area contributed by atoms with Crippen molar-refractivity contribution in [2.75, 3.05) is 20.1 Å². The molecule has 4 rings (SSSR count). The molecule has 2 N–H and O–H groups in total. The molecule has 0 aromatic carbocycles. The van der Waals surface area contributed by atoms with Crippen molar-refractivity contribution >= 4 is 11.9 Å². The highest BCUT2D eigenvalue weighted by Gasteiger charge is 2.31. The summed E-state index contributed by atoms with van der Waals surface area (Å²) < 4.78 is 1.87. The Bertz CT molecular complexity index is 841. The number of rotatable bonds is 5. The standard InChI is InChI=1S/C22H31N7O/c1-23-22(26-14-17-7-8-20(25-13-17)29-12-10-24-16-29)27-19-9-11-28(15-19)21(30)18-5-3-2-4-6-18/h7-8,10,12-13,16,18-19H,2-6,9,11,14-15H2,1H3,(H2,23,26,27). The molecule has 30 heavy (non-hydrogen) atoms. The molecule has 0 bridgehead atoms. The lowest BCUT2D eigenvalue weighted by Gasteiger charge is -2.26. The lowest BCUT2D eigenvalue weighted by molar-refractivity contribution is -0.135. The maximum atomic E-state index is 12.8. The van der Waals surface area contributed by atoms with Gasteiger partial charge in [-0.05, 0) is 30.9 Å². The first-order valence-corrected chi connectivity index (χ1v) is 10.9. The Morgan fingerprint density at radius 1 is 1.23 bits per heavy atom. The maximum absolute atomic E-state index is 12.8. The fourth-order valence-electron chi connectivity index (χ4n) is 4.33. The number of aromatic nitrogens is 3. The number of nitrogens with zero attached hydrogens (tertiary/aromatic N) is 5. The second-order valence-corrected chi connectivity index (χ2v) is 8.17. The third kappa shape index (κ3) is 4.98. The summed E-state index contributed by atoms with van der Waals surface area (Å²) in [6.45, 7) is 2.23. The largest absolute Gasteiger partial charge is 0.352 e. The van der Waals surface area contributed by atoms with Gasteiger partial charge in [0.15, 0.2) is 5.96 Å². The summed E-state index contributed by atoms with van der Waals surface area (Å²) in [7, 11) is 1.77. The number of pyridine rings is 1. The molecule has 1 amide bonds. The van der Waals surface area contributed by atoms with E-state index in [1.165, 1.54) is 19.3 Å². The highest BCUT2D eigenvalue weighted by Crippen LogP contribution is 2.26. The van der Waals surface area contributed by atoms with Gasteiger partial charge in [0.1, 0.15) is 12.1 Å². The Labute approximate surface area is 177 Å². The normalized spacial score (nSPS) is 20.4. The number of aliphatic imine (C=N–C) groups is 1. The highest BCUT2D eigenvalue weighted by molar-refractivity contribution is 5.81. The Balaban J connectivity index is 1.24. The van der Waals surface area contributed by atoms with Crippen LogP contribution in [0.1, 0.15) is 44.1 Å². The Morgan fingerprint density at radius 3 is 2.80 bits per heavy atom. The van der Waals surface area contributed by atoms with Gasteiger partial charge in [-0.3, -0.25) is 14.4 Å². The molecule has 0 radical (unpaired) electrons. The van der Waals surface area contributed by atoms with Crippen LogP contribution in [-0.2, 0) is 11.3 Å². The number of carbonyl (C=O) groups is 1. The molecule has 1 saturated carbocycles. The van der Waals surface area contributed by atoms with Gasteiger partial charge in [0.2, 0.25) is 5.91 Å². The van der Waals surface area contributed by atoms with E-state index in [2.05, 4.69) is 25.6 Å². The SMILES string of the molecule is CN=C(NCc1ccc(-n2ccnc2)nc1)NC1CCN(C(=O)C2CCCCC2)C1. The van der Waals surface area contributed by atoms with Crippen LogP contribution in [-0.4, -0.2) is 57.5 Å². The van der Waals surface area contributed by atoms with Crippen molar-refractivity contribution in [2.24, 2.45) is 10.9 Å². The molecule has 0 spiro atoms. The number of imidazole rings is 1. The molecule has 1 aliphatic carbocycles. The first kappa shape index (κ1) is 20.4. The van der Waals surface area contributed by atoms with E-state index in [0.717, 1.165) is 49.7 Å². The van der Waals surface area contributed by atoms with Crippen LogP contribution in [0.5, 0.6) is 0 Å². The number of likely N-dealkylation sites (tertiary alicyclic amines) is 1. The third-order valence-corrected chi connectivity index (χ3v) is 6.06. The fourth-order valence-corrected chi connectivity index (χ4v) is 4.33. The number of amides is 1. The van der Waals surface area contributed by atoms with Crippen LogP contribution in [0.15, 0.2) is 42.0 Å². The summed E-state index contributed by atoms with van der Waals surface area (Å²) in [5.41, 5.74) is 1.07. The molecule has 1 unspecified atom stereocenters. The zero-order valence-corrected chi connectivity index (χ0v) is 17.6. The number of hydrogen-bond acceptors (Lipinski definition) is 4. The lowest BCUT2D eigenvalue weighted by atomic mass is 9.88. The average Bonchev–Trinajstić information content (AvgIpc) is 3.49. The topological polar surface area (TPSA) is 87.4 Å². The summed E-state index contributed by atoms with van der Waals surface area (Å²) in [6, 6.07) is 4.26. The fraction of sp³-hybridized carbons (Fsp3) is 0.545. The van der Waals surface area contributed by atoms with Crippen molar-refractivity contribution in [1.82, 2.24) is 30.1 Å². The van der Waals surface area contributed by atoms with E-state index < -0.39 is 0 Å². The summed E-state index contributed by atoms with van der Waals surface area (Å²) >= 11 is 0. The molecule has 1 atom stereocenters. The molecule has 1 aliphatic heterocycles. The third-order valence-electron chi connectivity index (χ3n) is 6.06. The Morgan fingerprint density at radius 2 is 2.10 bits per heavy atom. The first-order chi connectivity index (χ1) is 14.7. The number of guanidine groups is 1. The van der Waals surface area contributed by atoms with E-state index in [0.29, 0.717) is 12.5 Å². The van der Waals surface area contributed by atoms with E-state index in [1.807, 2.05) is 34.0 Å². The van der Waals surface area contributed by atoms with Gasteiger partial charge in [0.05, 0.1) is 0 Å². The highest BCUT2D eigenvalue weighted by atomic mass is 16.2. The number of nitrogens with one attached hydrogen (secondary N) is 2. The van der Waals surface area contributed by atoms with Gasteiger partial charge in [0.25, 0.3) is 0 Å². The smallest absolute Gasteiger partial charge is 0.225 e. The van der Waals surface area contributed by atoms with Crippen LogP contribution in [0.25, 0.3) is 5.82 Å². The van der Waals surface area contributed by atoms with Crippen LogP contribution < -0.4 is 10.6 Å². The number of hydrogen-bond donors (Lipinski definition) is 2. The van der Waals surface area contributed by atoms with Crippen LogP contribution in [0, 0.1) is 5.92 Å². The van der Waals surface area contributed by atoms with Crippen LogP contribution in [0.2, 0.25) is 0 Å². The molecule has 2 aromatic rings. The summed E-state index contributed by atoms with van der Waals surface area (Å²) in [5.74, 6) is 2.19. The minimum atomic E-state index is 0.241. The summed E-state index contributed by atoms with van der Waals surface area (Å²) in [4.78, 5) is 27.7. The van der Waals surface area contributed by atoms with Crippen LogP contribution >= 0.6 is 0 Å². The minimum absolute atomic E-state index is 0.241. The Hall–Kier alpha value is -2.90. The minimum Gasteiger partial charge on any atom is -0.352 e. The monoisotopic (exact) mass is 409 g/mol. The predicted octanol–water partition coefficient (Wildman–Crippen LogP) is 2.11. The van der Waals surface area contributed by atoms with Gasteiger partial charge in [-0.15, -0.1) is 0 Å². The van der Waals surface area contributed by atoms with Gasteiger partial charge in [0, 0.05) is 57.2 Å². The maximum Gasteiger partial charge on any atom is 0.225 e. The van der Waals surface area contributed by atoms with Crippen LogP contribution in [0.3, 0.4) is 0 Å². The average molecular weight is 410 g/mol. The van der Waals surface area contributed by atoms with Crippen molar-refractivity contribution in [3.63, 3.8) is 0 Å². The molecule has 8 heteroatoms. The molecule has 2 fully saturated rings. The van der Waals surface area contributed by atoms with E-state index in [-0.39, 0.29) is 12.0 Å². The lowest BCUT2D eigenvalue weighted by Crippen LogP contribution is -2.45. The molecule has 2 aromatic heterocycles. The number of carbonyl (C=O) groups excluding carboxylic acids is 1. The van der Waals surface area contributed by atoms with Crippen LogP contribution in [0.4, 0.5) is 0 Å². The van der Waals surface area contributed by atoms with E-state index >= 15 is 0 Å². The summed E-state index contributed by atoms with van der Waals surface area (Å²) in [6.07, 6.45) is 13.9. The van der Waals surface area contributed by atoms with Gasteiger partial charge in [-0.2, -0.15) is 0 Å². The van der Waals surface area contributed by atoms with Gasteiger partial charge in [-0.1, -0.05) is 25.3 Å². The molecular formula is C22H31N7O. The van der Waals surface area contributed by atoms with Gasteiger partial charge < -0.3 is 15.5 Å². The van der Waals surface area contributed by atoms with E-state index in [9.17, 15) is 4.79 Å². The van der Waals surface area contributed by atoms with E-state index in [1.54, 1.807) is 19.6 Å². The van der Waals surface area contributed by atoms with Crippen molar-refractivity contribution in [3.05, 3.63) is 42.6 Å². The van der Waals surface area contributed by atoms with Crippen molar-refractivity contribution in [3.8, 4) is 5.82 Å². The second kappa shape index (κ2) is 9.73. The molecule has 2 aliphatic rings.